The zero-order valence-corrected chi connectivity index (χ0v) is 15.3. The van der Waals surface area contributed by atoms with Gasteiger partial charge in [-0.15, -0.1) is 0 Å². The van der Waals surface area contributed by atoms with Crippen LogP contribution in [0.4, 0.5) is 8.78 Å². The molecule has 0 aromatic heterocycles. The second-order valence-electron chi connectivity index (χ2n) is 5.18. The van der Waals surface area contributed by atoms with Crippen molar-refractivity contribution in [3.8, 4) is 0 Å². The van der Waals surface area contributed by atoms with Gasteiger partial charge in [0.2, 0.25) is 0 Å². The molecule has 0 aliphatic carbocycles. The van der Waals surface area contributed by atoms with Crippen molar-refractivity contribution in [3.05, 3.63) is 67.1 Å². The number of rotatable bonds is 6. The topological polar surface area (TPSA) is 17.1 Å². The van der Waals surface area contributed by atoms with Crippen LogP contribution >= 0.6 is 46.4 Å². The molecule has 0 saturated heterocycles. The Labute approximate surface area is 158 Å². The summed E-state index contributed by atoms with van der Waals surface area (Å²) in [6, 6.07) is 5.14. The number of carbonyl (C=O) groups is 1. The van der Waals surface area contributed by atoms with Crippen LogP contribution in [0.2, 0.25) is 20.1 Å². The van der Waals surface area contributed by atoms with E-state index in [4.69, 9.17) is 46.4 Å². The quantitative estimate of drug-likeness (QED) is 0.482. The zero-order valence-electron chi connectivity index (χ0n) is 12.3. The van der Waals surface area contributed by atoms with Gasteiger partial charge in [0.15, 0.2) is 0 Å². The first kappa shape index (κ1) is 19.5. The Balaban J connectivity index is 1.98. The summed E-state index contributed by atoms with van der Waals surface area (Å²) in [7, 11) is 0. The molecular weight excluding hydrogens is 400 g/mol. The molecule has 0 N–H and O–H groups in total. The number of halogens is 6. The normalized spacial score (nSPS) is 10.9. The van der Waals surface area contributed by atoms with Gasteiger partial charge in [-0.3, -0.25) is 4.79 Å². The molecule has 1 nitrogen and oxygen atoms in total. The third-order valence-corrected chi connectivity index (χ3v) is 5.11. The van der Waals surface area contributed by atoms with Crippen molar-refractivity contribution in [2.24, 2.45) is 0 Å². The SMILES string of the molecule is O=C(CCc1c(Cl)ccc(F)c1Cl)CCc1c(Cl)ccc(F)c1Cl. The molecule has 0 amide bonds. The van der Waals surface area contributed by atoms with E-state index in [2.05, 4.69) is 0 Å². The van der Waals surface area contributed by atoms with E-state index >= 15 is 0 Å². The molecule has 0 spiro atoms. The van der Waals surface area contributed by atoms with Crippen molar-refractivity contribution < 1.29 is 13.6 Å². The number of carbonyl (C=O) groups excluding carboxylic acids is 1. The molecule has 7 heteroatoms. The fourth-order valence-electron chi connectivity index (χ4n) is 2.25. The van der Waals surface area contributed by atoms with E-state index in [0.29, 0.717) is 21.2 Å². The maximum absolute atomic E-state index is 13.4. The highest BCUT2D eigenvalue weighted by atomic mass is 35.5. The summed E-state index contributed by atoms with van der Waals surface area (Å²) >= 11 is 23.7. The third kappa shape index (κ3) is 4.60. The predicted octanol–water partition coefficient (Wildman–Crippen LogP) is 6.71. The van der Waals surface area contributed by atoms with Crippen molar-refractivity contribution >= 4 is 52.2 Å². The van der Waals surface area contributed by atoms with Gasteiger partial charge >= 0.3 is 0 Å². The van der Waals surface area contributed by atoms with Crippen molar-refractivity contribution in [1.29, 1.82) is 0 Å². The van der Waals surface area contributed by atoms with Crippen LogP contribution < -0.4 is 0 Å². The van der Waals surface area contributed by atoms with Gasteiger partial charge in [-0.2, -0.15) is 0 Å². The van der Waals surface area contributed by atoms with Gasteiger partial charge in [-0.25, -0.2) is 8.78 Å². The summed E-state index contributed by atoms with van der Waals surface area (Å²) in [5.74, 6) is -1.27. The monoisotopic (exact) mass is 410 g/mol. The van der Waals surface area contributed by atoms with Crippen molar-refractivity contribution in [1.82, 2.24) is 0 Å². The summed E-state index contributed by atoms with van der Waals surface area (Å²) in [6.45, 7) is 0. The van der Waals surface area contributed by atoms with Gasteiger partial charge in [-0.1, -0.05) is 46.4 Å². The maximum Gasteiger partial charge on any atom is 0.142 e. The molecule has 0 unspecified atom stereocenters. The lowest BCUT2D eigenvalue weighted by Crippen LogP contribution is -2.04. The van der Waals surface area contributed by atoms with Crippen LogP contribution in [-0.4, -0.2) is 5.78 Å². The first-order valence-electron chi connectivity index (χ1n) is 7.07. The average Bonchev–Trinajstić information content (AvgIpc) is 2.54. The van der Waals surface area contributed by atoms with Crippen LogP contribution in [0, 0.1) is 11.6 Å². The Morgan fingerprint density at radius 2 is 1.12 bits per heavy atom. The van der Waals surface area contributed by atoms with Gasteiger partial charge in [0.1, 0.15) is 17.4 Å². The van der Waals surface area contributed by atoms with Crippen LogP contribution in [0.15, 0.2) is 24.3 Å². The Kier molecular flexibility index (Phi) is 6.88. The molecule has 2 aromatic carbocycles. The highest BCUT2D eigenvalue weighted by Gasteiger charge is 2.15. The van der Waals surface area contributed by atoms with Crippen molar-refractivity contribution in [2.45, 2.75) is 25.7 Å². The highest BCUT2D eigenvalue weighted by molar-refractivity contribution is 6.36. The van der Waals surface area contributed by atoms with Gasteiger partial charge in [0.05, 0.1) is 10.0 Å². The fraction of sp³-hybridized carbons (Fsp3) is 0.235. The molecule has 0 heterocycles. The van der Waals surface area contributed by atoms with Crippen LogP contribution in [0.5, 0.6) is 0 Å². The van der Waals surface area contributed by atoms with E-state index in [9.17, 15) is 13.6 Å². The van der Waals surface area contributed by atoms with Gasteiger partial charge < -0.3 is 0 Å². The van der Waals surface area contributed by atoms with Crippen LogP contribution in [-0.2, 0) is 17.6 Å². The number of benzene rings is 2. The van der Waals surface area contributed by atoms with Crippen LogP contribution in [0.3, 0.4) is 0 Å². The minimum absolute atomic E-state index is 0.0773. The third-order valence-electron chi connectivity index (χ3n) is 3.59. The molecule has 0 fully saturated rings. The zero-order chi connectivity index (χ0) is 17.9. The first-order valence-corrected chi connectivity index (χ1v) is 8.59. The van der Waals surface area contributed by atoms with E-state index in [1.807, 2.05) is 0 Å². The van der Waals surface area contributed by atoms with Gasteiger partial charge in [0, 0.05) is 22.9 Å². The molecule has 128 valence electrons. The predicted molar refractivity (Wildman–Crippen MR) is 94.5 cm³/mol. The lowest BCUT2D eigenvalue weighted by Gasteiger charge is -2.09. The number of Topliss-reactive ketones (excluding diaryl/α,β-unsaturated/α-hetero) is 1. The number of hydrogen-bond acceptors (Lipinski definition) is 1. The molecular formula is C17H12Cl4F2O. The standard InChI is InChI=1S/C17H12Cl4F2O/c18-12-5-7-14(22)16(20)10(12)3-1-9(24)2-4-11-13(19)6-8-15(23)17(11)21/h5-8H,1-4H2. The summed E-state index contributed by atoms with van der Waals surface area (Å²) in [4.78, 5) is 12.0. The molecule has 0 atom stereocenters. The average molecular weight is 412 g/mol. The maximum atomic E-state index is 13.4. The van der Waals surface area contributed by atoms with Gasteiger partial charge in [0.25, 0.3) is 0 Å². The van der Waals surface area contributed by atoms with E-state index in [1.165, 1.54) is 24.3 Å². The van der Waals surface area contributed by atoms with Crippen molar-refractivity contribution in [2.75, 3.05) is 0 Å². The Bertz CT molecular complexity index is 714. The Morgan fingerprint density at radius 3 is 1.50 bits per heavy atom. The van der Waals surface area contributed by atoms with E-state index < -0.39 is 11.6 Å². The second kappa shape index (κ2) is 8.48. The van der Waals surface area contributed by atoms with E-state index in [0.717, 1.165) is 0 Å². The molecule has 0 bridgehead atoms. The summed E-state index contributed by atoms with van der Waals surface area (Å²) in [6.07, 6.45) is 0.707. The molecule has 0 aliphatic heterocycles. The summed E-state index contributed by atoms with van der Waals surface area (Å²) < 4.78 is 26.9. The molecule has 2 rings (SSSR count). The highest BCUT2D eigenvalue weighted by Crippen LogP contribution is 2.30. The molecule has 0 radical (unpaired) electrons. The van der Waals surface area contributed by atoms with E-state index in [-0.39, 0.29) is 41.5 Å². The van der Waals surface area contributed by atoms with Crippen LogP contribution in [0.1, 0.15) is 24.0 Å². The smallest absolute Gasteiger partial charge is 0.142 e. The summed E-state index contributed by atoms with van der Waals surface area (Å²) in [5, 5.41) is 0.467. The minimum atomic E-state index is -0.582. The Hall–Kier alpha value is -0.870. The largest absolute Gasteiger partial charge is 0.300 e. The minimum Gasteiger partial charge on any atom is -0.300 e. The van der Waals surface area contributed by atoms with Gasteiger partial charge in [-0.05, 0) is 48.2 Å². The Morgan fingerprint density at radius 1 is 0.750 bits per heavy atom. The molecule has 0 saturated carbocycles. The lowest BCUT2D eigenvalue weighted by molar-refractivity contribution is -0.119. The van der Waals surface area contributed by atoms with E-state index in [1.54, 1.807) is 0 Å². The van der Waals surface area contributed by atoms with Crippen molar-refractivity contribution in [3.63, 3.8) is 0 Å². The molecule has 24 heavy (non-hydrogen) atoms. The molecule has 2 aromatic rings. The second-order valence-corrected chi connectivity index (χ2v) is 6.75. The number of hydrogen-bond donors (Lipinski definition) is 0. The molecule has 0 aliphatic rings. The number of ketones is 1. The fourth-order valence-corrected chi connectivity index (χ4v) is 3.37. The van der Waals surface area contributed by atoms with Crippen LogP contribution in [0.25, 0.3) is 0 Å². The lowest BCUT2D eigenvalue weighted by atomic mass is 10.0. The summed E-state index contributed by atoms with van der Waals surface area (Å²) in [5.41, 5.74) is 0.794. The first-order chi connectivity index (χ1) is 11.3.